The van der Waals surface area contributed by atoms with Gasteiger partial charge in [0.05, 0.1) is 11.5 Å². The molecule has 156 valence electrons. The molecule has 1 heterocycles. The van der Waals surface area contributed by atoms with Crippen LogP contribution in [0.2, 0.25) is 0 Å². The Morgan fingerprint density at radius 3 is 2.52 bits per heavy atom. The van der Waals surface area contributed by atoms with Crippen molar-refractivity contribution in [2.75, 3.05) is 20.2 Å². The number of carbonyl (C=O) groups is 1. The first-order valence-electron chi connectivity index (χ1n) is 9.87. The van der Waals surface area contributed by atoms with Crippen molar-refractivity contribution in [3.8, 4) is 0 Å². The molecular formula is C22H28N2O4S. The van der Waals surface area contributed by atoms with E-state index < -0.39 is 10.0 Å². The average Bonchev–Trinajstić information content (AvgIpc) is 2.73. The lowest BCUT2D eigenvalue weighted by Gasteiger charge is -2.26. The first-order chi connectivity index (χ1) is 13.9. The number of hydrogen-bond donors (Lipinski definition) is 1. The zero-order valence-electron chi connectivity index (χ0n) is 17.0. The van der Waals surface area contributed by atoms with Gasteiger partial charge in [0.2, 0.25) is 10.0 Å². The van der Waals surface area contributed by atoms with Gasteiger partial charge in [0.15, 0.2) is 0 Å². The van der Waals surface area contributed by atoms with Crippen LogP contribution in [0.5, 0.6) is 0 Å². The third-order valence-electron chi connectivity index (χ3n) is 5.16. The number of nitrogens with zero attached hydrogens (tertiary/aromatic N) is 1. The number of ether oxygens (including phenoxy) is 1. The highest BCUT2D eigenvalue weighted by atomic mass is 32.2. The molecule has 0 aliphatic carbocycles. The molecule has 0 aromatic heterocycles. The highest BCUT2D eigenvalue weighted by Gasteiger charge is 2.27. The smallest absolute Gasteiger partial charge is 0.251 e. The number of hydrogen-bond acceptors (Lipinski definition) is 4. The molecule has 1 N–H and O–H groups in total. The maximum Gasteiger partial charge on any atom is 0.251 e. The molecular weight excluding hydrogens is 388 g/mol. The van der Waals surface area contributed by atoms with E-state index >= 15 is 0 Å². The molecule has 0 unspecified atom stereocenters. The van der Waals surface area contributed by atoms with Crippen LogP contribution in [0, 0.1) is 6.92 Å². The molecule has 0 spiro atoms. The van der Waals surface area contributed by atoms with Crippen LogP contribution in [-0.2, 0) is 27.9 Å². The summed E-state index contributed by atoms with van der Waals surface area (Å²) in [6, 6.07) is 12.6. The van der Waals surface area contributed by atoms with Crippen molar-refractivity contribution in [3.05, 3.63) is 64.7 Å². The number of aryl methyl sites for hydroxylation is 1. The zero-order chi connectivity index (χ0) is 20.9. The number of sulfonamides is 1. The van der Waals surface area contributed by atoms with Crippen molar-refractivity contribution in [2.45, 2.75) is 44.2 Å². The summed E-state index contributed by atoms with van der Waals surface area (Å²) in [5, 5.41) is 2.90. The van der Waals surface area contributed by atoms with Gasteiger partial charge in [-0.05, 0) is 48.6 Å². The molecule has 0 radical (unpaired) electrons. The number of nitrogens with one attached hydrogen (secondary N) is 1. The second-order valence-electron chi connectivity index (χ2n) is 7.38. The monoisotopic (exact) mass is 416 g/mol. The normalized spacial score (nSPS) is 15.2. The SMILES string of the molecule is COCc1cccc(CNC(=O)c2cc(S(=O)(=O)N3CCCCC3)ccc2C)c1. The van der Waals surface area contributed by atoms with Crippen molar-refractivity contribution in [2.24, 2.45) is 0 Å². The Hall–Kier alpha value is -2.22. The van der Waals surface area contributed by atoms with Gasteiger partial charge in [0.25, 0.3) is 5.91 Å². The van der Waals surface area contributed by atoms with E-state index in [9.17, 15) is 13.2 Å². The van der Waals surface area contributed by atoms with Crippen LogP contribution in [0.4, 0.5) is 0 Å². The third kappa shape index (κ3) is 5.23. The van der Waals surface area contributed by atoms with E-state index in [1.807, 2.05) is 31.2 Å². The number of carbonyl (C=O) groups excluding carboxylic acids is 1. The van der Waals surface area contributed by atoms with Gasteiger partial charge in [-0.1, -0.05) is 36.8 Å². The minimum Gasteiger partial charge on any atom is -0.380 e. The highest BCUT2D eigenvalue weighted by molar-refractivity contribution is 7.89. The van der Waals surface area contributed by atoms with Gasteiger partial charge in [-0.15, -0.1) is 0 Å². The molecule has 29 heavy (non-hydrogen) atoms. The van der Waals surface area contributed by atoms with Crippen LogP contribution >= 0.6 is 0 Å². The standard InChI is InChI=1S/C22H28N2O4S/c1-17-9-10-20(29(26,27)24-11-4-3-5-12-24)14-21(17)22(25)23-15-18-7-6-8-19(13-18)16-28-2/h6-10,13-14H,3-5,11-12,15-16H2,1-2H3,(H,23,25). The van der Waals surface area contributed by atoms with Gasteiger partial charge in [-0.3, -0.25) is 4.79 Å². The quantitative estimate of drug-likeness (QED) is 0.752. The molecule has 1 aliphatic rings. The minimum atomic E-state index is -3.57. The lowest BCUT2D eigenvalue weighted by Crippen LogP contribution is -2.35. The predicted octanol–water partition coefficient (Wildman–Crippen LogP) is 3.25. The molecule has 1 fully saturated rings. The van der Waals surface area contributed by atoms with Crippen LogP contribution in [-0.4, -0.2) is 38.8 Å². The number of benzene rings is 2. The molecule has 1 saturated heterocycles. The molecule has 1 amide bonds. The second-order valence-corrected chi connectivity index (χ2v) is 9.32. The number of rotatable bonds is 7. The van der Waals surface area contributed by atoms with E-state index in [1.54, 1.807) is 19.2 Å². The van der Waals surface area contributed by atoms with Gasteiger partial charge < -0.3 is 10.1 Å². The van der Waals surface area contributed by atoms with E-state index in [-0.39, 0.29) is 10.8 Å². The maximum absolute atomic E-state index is 12.9. The topological polar surface area (TPSA) is 75.7 Å². The van der Waals surface area contributed by atoms with Crippen molar-refractivity contribution < 1.29 is 17.9 Å². The summed E-state index contributed by atoms with van der Waals surface area (Å²) < 4.78 is 32.5. The van der Waals surface area contributed by atoms with Crippen molar-refractivity contribution in [1.82, 2.24) is 9.62 Å². The van der Waals surface area contributed by atoms with Crippen LogP contribution in [0.25, 0.3) is 0 Å². The fraction of sp³-hybridized carbons (Fsp3) is 0.409. The zero-order valence-corrected chi connectivity index (χ0v) is 17.8. The molecule has 0 saturated carbocycles. The van der Waals surface area contributed by atoms with Gasteiger partial charge in [0, 0.05) is 32.3 Å². The first-order valence-corrected chi connectivity index (χ1v) is 11.3. The van der Waals surface area contributed by atoms with E-state index in [0.717, 1.165) is 36.0 Å². The predicted molar refractivity (Wildman–Crippen MR) is 112 cm³/mol. The molecule has 0 bridgehead atoms. The summed E-state index contributed by atoms with van der Waals surface area (Å²) in [7, 11) is -1.93. The fourth-order valence-corrected chi connectivity index (χ4v) is 5.08. The minimum absolute atomic E-state index is 0.178. The molecule has 2 aromatic carbocycles. The average molecular weight is 417 g/mol. The van der Waals surface area contributed by atoms with Crippen LogP contribution in [0.15, 0.2) is 47.4 Å². The molecule has 0 atom stereocenters. The summed E-state index contributed by atoms with van der Waals surface area (Å²) in [4.78, 5) is 12.9. The maximum atomic E-state index is 12.9. The lowest BCUT2D eigenvalue weighted by molar-refractivity contribution is 0.0950. The Bertz CT molecular complexity index is 967. The van der Waals surface area contributed by atoms with Gasteiger partial charge in [0.1, 0.15) is 0 Å². The van der Waals surface area contributed by atoms with Crippen LogP contribution in [0.3, 0.4) is 0 Å². The molecule has 7 heteroatoms. The number of amides is 1. The molecule has 2 aromatic rings. The van der Waals surface area contributed by atoms with E-state index in [4.69, 9.17) is 4.74 Å². The Kier molecular flexibility index (Phi) is 7.05. The van der Waals surface area contributed by atoms with E-state index in [1.165, 1.54) is 10.4 Å². The summed E-state index contributed by atoms with van der Waals surface area (Å²) in [5.74, 6) is -0.282. The molecule has 1 aliphatic heterocycles. The Morgan fingerprint density at radius 1 is 1.07 bits per heavy atom. The summed E-state index contributed by atoms with van der Waals surface area (Å²) in [5.41, 5.74) is 3.12. The van der Waals surface area contributed by atoms with Gasteiger partial charge >= 0.3 is 0 Å². The van der Waals surface area contributed by atoms with Crippen LogP contribution in [0.1, 0.15) is 46.3 Å². The Balaban J connectivity index is 1.75. The molecule has 6 nitrogen and oxygen atoms in total. The van der Waals surface area contributed by atoms with Gasteiger partial charge in [-0.2, -0.15) is 4.31 Å². The van der Waals surface area contributed by atoms with Crippen molar-refractivity contribution in [1.29, 1.82) is 0 Å². The first kappa shape index (κ1) is 21.5. The fourth-order valence-electron chi connectivity index (χ4n) is 3.53. The molecule has 3 rings (SSSR count). The summed E-state index contributed by atoms with van der Waals surface area (Å²) >= 11 is 0. The number of piperidine rings is 1. The third-order valence-corrected chi connectivity index (χ3v) is 7.06. The summed E-state index contributed by atoms with van der Waals surface area (Å²) in [6.07, 6.45) is 2.81. The van der Waals surface area contributed by atoms with Gasteiger partial charge in [-0.25, -0.2) is 8.42 Å². The van der Waals surface area contributed by atoms with Crippen LogP contribution < -0.4 is 5.32 Å². The summed E-state index contributed by atoms with van der Waals surface area (Å²) in [6.45, 7) is 3.76. The Labute approximate surface area is 172 Å². The second kappa shape index (κ2) is 9.52. The number of methoxy groups -OCH3 is 1. The van der Waals surface area contributed by atoms with Crippen molar-refractivity contribution in [3.63, 3.8) is 0 Å². The Morgan fingerprint density at radius 2 is 1.79 bits per heavy atom. The van der Waals surface area contributed by atoms with E-state index in [0.29, 0.717) is 31.8 Å². The van der Waals surface area contributed by atoms with E-state index in [2.05, 4.69) is 5.32 Å². The lowest BCUT2D eigenvalue weighted by atomic mass is 10.1. The highest BCUT2D eigenvalue weighted by Crippen LogP contribution is 2.23. The van der Waals surface area contributed by atoms with Crippen molar-refractivity contribution >= 4 is 15.9 Å². The largest absolute Gasteiger partial charge is 0.380 e.